The molecule has 2 rings (SSSR count). The van der Waals surface area contributed by atoms with Gasteiger partial charge >= 0.3 is 0 Å². The Balaban J connectivity index is 1.74. The lowest BCUT2D eigenvalue weighted by atomic mass is 9.97. The van der Waals surface area contributed by atoms with Gasteiger partial charge in [-0.1, -0.05) is 0 Å². The number of aromatic nitrogens is 2. The van der Waals surface area contributed by atoms with E-state index in [1.807, 2.05) is 13.1 Å². The minimum atomic E-state index is 0.798. The Labute approximate surface area is 91.1 Å². The standard InChI is InChI=1S/C11H20N4/c1-9-7-12-11(14-9)13-8-10-3-5-15(2)6-4-10/h7,10H,3-6,8H2,1-2H3,(H2,12,13,14). The Morgan fingerprint density at radius 2 is 2.27 bits per heavy atom. The highest BCUT2D eigenvalue weighted by atomic mass is 15.1. The molecule has 0 aliphatic carbocycles. The van der Waals surface area contributed by atoms with Gasteiger partial charge < -0.3 is 15.2 Å². The molecule has 1 aromatic heterocycles. The average Bonchev–Trinajstić information content (AvgIpc) is 2.64. The summed E-state index contributed by atoms with van der Waals surface area (Å²) in [7, 11) is 2.19. The van der Waals surface area contributed by atoms with Gasteiger partial charge in [0.25, 0.3) is 0 Å². The number of likely N-dealkylation sites (tertiary alicyclic amines) is 1. The Bertz CT molecular complexity index is 299. The largest absolute Gasteiger partial charge is 0.356 e. The highest BCUT2D eigenvalue weighted by Gasteiger charge is 2.16. The first-order valence-corrected chi connectivity index (χ1v) is 5.68. The Morgan fingerprint density at radius 1 is 1.53 bits per heavy atom. The van der Waals surface area contributed by atoms with Crippen LogP contribution in [-0.4, -0.2) is 41.5 Å². The van der Waals surface area contributed by atoms with Crippen molar-refractivity contribution in [2.24, 2.45) is 5.92 Å². The monoisotopic (exact) mass is 208 g/mol. The Kier molecular flexibility index (Phi) is 3.26. The molecule has 0 spiro atoms. The van der Waals surface area contributed by atoms with Crippen LogP contribution in [0.2, 0.25) is 0 Å². The molecule has 0 bridgehead atoms. The third-order valence-electron chi connectivity index (χ3n) is 3.10. The molecule has 1 aliphatic rings. The van der Waals surface area contributed by atoms with Crippen molar-refractivity contribution in [2.45, 2.75) is 19.8 Å². The topological polar surface area (TPSA) is 44.0 Å². The molecule has 4 nitrogen and oxygen atoms in total. The van der Waals surface area contributed by atoms with E-state index in [1.165, 1.54) is 25.9 Å². The summed E-state index contributed by atoms with van der Waals surface area (Å²) in [4.78, 5) is 9.83. The molecule has 0 radical (unpaired) electrons. The normalized spacial score (nSPS) is 19.3. The van der Waals surface area contributed by atoms with Gasteiger partial charge in [0.2, 0.25) is 0 Å². The second kappa shape index (κ2) is 4.66. The molecule has 1 aliphatic heterocycles. The first kappa shape index (κ1) is 10.5. The molecule has 4 heteroatoms. The fourth-order valence-electron chi connectivity index (χ4n) is 2.01. The van der Waals surface area contributed by atoms with Crippen LogP contribution in [0.5, 0.6) is 0 Å². The van der Waals surface area contributed by atoms with E-state index in [0.717, 1.165) is 24.1 Å². The number of hydrogen-bond donors (Lipinski definition) is 2. The summed E-state index contributed by atoms with van der Waals surface area (Å²) >= 11 is 0. The number of imidazole rings is 1. The zero-order valence-electron chi connectivity index (χ0n) is 9.58. The summed E-state index contributed by atoms with van der Waals surface area (Å²) in [5.41, 5.74) is 1.11. The second-order valence-corrected chi connectivity index (χ2v) is 4.54. The van der Waals surface area contributed by atoms with Crippen molar-refractivity contribution in [3.8, 4) is 0 Å². The number of aryl methyl sites for hydroxylation is 1. The van der Waals surface area contributed by atoms with E-state index in [2.05, 4.69) is 27.2 Å². The Morgan fingerprint density at radius 3 is 2.87 bits per heavy atom. The molecule has 0 atom stereocenters. The second-order valence-electron chi connectivity index (χ2n) is 4.54. The SMILES string of the molecule is Cc1cnc(NCC2CCN(C)CC2)[nH]1. The van der Waals surface area contributed by atoms with Crippen LogP contribution in [0, 0.1) is 12.8 Å². The van der Waals surface area contributed by atoms with Gasteiger partial charge in [0.05, 0.1) is 0 Å². The molecule has 1 aromatic rings. The van der Waals surface area contributed by atoms with Gasteiger partial charge in [0, 0.05) is 18.4 Å². The molecule has 0 saturated carbocycles. The third-order valence-corrected chi connectivity index (χ3v) is 3.10. The van der Waals surface area contributed by atoms with E-state index in [4.69, 9.17) is 0 Å². The van der Waals surface area contributed by atoms with E-state index < -0.39 is 0 Å². The minimum Gasteiger partial charge on any atom is -0.356 e. The van der Waals surface area contributed by atoms with Gasteiger partial charge in [0.1, 0.15) is 0 Å². The van der Waals surface area contributed by atoms with Crippen molar-refractivity contribution in [3.63, 3.8) is 0 Å². The number of nitrogens with zero attached hydrogens (tertiary/aromatic N) is 2. The van der Waals surface area contributed by atoms with Gasteiger partial charge in [-0.05, 0) is 45.8 Å². The number of anilines is 1. The number of hydrogen-bond acceptors (Lipinski definition) is 3. The van der Waals surface area contributed by atoms with Crippen molar-refractivity contribution < 1.29 is 0 Å². The van der Waals surface area contributed by atoms with Crippen LogP contribution in [0.3, 0.4) is 0 Å². The van der Waals surface area contributed by atoms with Crippen LogP contribution in [0.15, 0.2) is 6.20 Å². The summed E-state index contributed by atoms with van der Waals surface area (Å²) in [6.07, 6.45) is 4.45. The first-order chi connectivity index (χ1) is 7.24. The number of nitrogens with one attached hydrogen (secondary N) is 2. The van der Waals surface area contributed by atoms with E-state index in [1.54, 1.807) is 0 Å². The lowest BCUT2D eigenvalue weighted by Crippen LogP contribution is -2.33. The molecule has 0 unspecified atom stereocenters. The predicted molar refractivity (Wildman–Crippen MR) is 62.0 cm³/mol. The first-order valence-electron chi connectivity index (χ1n) is 5.68. The van der Waals surface area contributed by atoms with Gasteiger partial charge in [-0.2, -0.15) is 0 Å². The molecule has 2 heterocycles. The summed E-state index contributed by atoms with van der Waals surface area (Å²) in [5.74, 6) is 1.71. The van der Waals surface area contributed by atoms with E-state index >= 15 is 0 Å². The molecule has 0 amide bonds. The maximum absolute atomic E-state index is 4.24. The highest BCUT2D eigenvalue weighted by Crippen LogP contribution is 2.16. The van der Waals surface area contributed by atoms with E-state index in [9.17, 15) is 0 Å². The van der Waals surface area contributed by atoms with Crippen LogP contribution >= 0.6 is 0 Å². The van der Waals surface area contributed by atoms with Gasteiger partial charge in [-0.3, -0.25) is 0 Å². The number of piperidine rings is 1. The molecule has 2 N–H and O–H groups in total. The zero-order valence-corrected chi connectivity index (χ0v) is 9.58. The summed E-state index contributed by atoms with van der Waals surface area (Å²) in [5, 5.41) is 3.36. The third kappa shape index (κ3) is 2.96. The molecule has 1 saturated heterocycles. The fraction of sp³-hybridized carbons (Fsp3) is 0.727. The van der Waals surface area contributed by atoms with Crippen LogP contribution in [0.4, 0.5) is 5.95 Å². The van der Waals surface area contributed by atoms with Crippen molar-refractivity contribution in [2.75, 3.05) is 32.0 Å². The van der Waals surface area contributed by atoms with Gasteiger partial charge in [-0.25, -0.2) is 4.98 Å². The van der Waals surface area contributed by atoms with Crippen molar-refractivity contribution in [1.82, 2.24) is 14.9 Å². The molecule has 1 fully saturated rings. The minimum absolute atomic E-state index is 0.798. The van der Waals surface area contributed by atoms with Crippen LogP contribution in [0.1, 0.15) is 18.5 Å². The van der Waals surface area contributed by atoms with E-state index in [0.29, 0.717) is 0 Å². The predicted octanol–water partition coefficient (Wildman–Crippen LogP) is 1.47. The number of rotatable bonds is 3. The number of H-pyrrole nitrogens is 1. The molecular weight excluding hydrogens is 188 g/mol. The molecule has 0 aromatic carbocycles. The van der Waals surface area contributed by atoms with Crippen LogP contribution in [-0.2, 0) is 0 Å². The van der Waals surface area contributed by atoms with Crippen molar-refractivity contribution >= 4 is 5.95 Å². The summed E-state index contributed by atoms with van der Waals surface area (Å²) in [6, 6.07) is 0. The molecular formula is C11H20N4. The maximum atomic E-state index is 4.24. The summed E-state index contributed by atoms with van der Waals surface area (Å²) < 4.78 is 0. The highest BCUT2D eigenvalue weighted by molar-refractivity contribution is 5.25. The lowest BCUT2D eigenvalue weighted by molar-refractivity contribution is 0.226. The quantitative estimate of drug-likeness (QED) is 0.790. The van der Waals surface area contributed by atoms with Crippen LogP contribution in [0.25, 0.3) is 0 Å². The number of aromatic amines is 1. The smallest absolute Gasteiger partial charge is 0.200 e. The molecule has 15 heavy (non-hydrogen) atoms. The maximum Gasteiger partial charge on any atom is 0.200 e. The molecule has 84 valence electrons. The van der Waals surface area contributed by atoms with Crippen molar-refractivity contribution in [1.29, 1.82) is 0 Å². The zero-order chi connectivity index (χ0) is 10.7. The lowest BCUT2D eigenvalue weighted by Gasteiger charge is -2.28. The van der Waals surface area contributed by atoms with Gasteiger partial charge in [0.15, 0.2) is 5.95 Å². The van der Waals surface area contributed by atoms with Crippen molar-refractivity contribution in [3.05, 3.63) is 11.9 Å². The van der Waals surface area contributed by atoms with Crippen LogP contribution < -0.4 is 5.32 Å². The summed E-state index contributed by atoms with van der Waals surface area (Å²) in [6.45, 7) is 5.52. The fourth-order valence-corrected chi connectivity index (χ4v) is 2.01. The Hall–Kier alpha value is -1.03. The van der Waals surface area contributed by atoms with Gasteiger partial charge in [-0.15, -0.1) is 0 Å². The van der Waals surface area contributed by atoms with E-state index in [-0.39, 0.29) is 0 Å². The average molecular weight is 208 g/mol.